The first kappa shape index (κ1) is 24.7. The number of methoxy groups -OCH3 is 1. The number of benzene rings is 1. The zero-order valence-electron chi connectivity index (χ0n) is 16.5. The molecule has 1 N–H and O–H groups in total. The Morgan fingerprint density at radius 3 is 2.47 bits per heavy atom. The first-order valence-electron chi connectivity index (χ1n) is 8.66. The van der Waals surface area contributed by atoms with E-state index < -0.39 is 57.2 Å². The minimum Gasteiger partial charge on any atom is -0.493 e. The van der Waals surface area contributed by atoms with Crippen LogP contribution in [0.1, 0.15) is 22.8 Å². The maximum atomic E-state index is 12.6. The summed E-state index contributed by atoms with van der Waals surface area (Å²) in [6.45, 7) is 0.889. The molecule has 0 aliphatic heterocycles. The van der Waals surface area contributed by atoms with E-state index in [1.54, 1.807) is 6.92 Å². The first-order chi connectivity index (χ1) is 15.0. The van der Waals surface area contributed by atoms with E-state index in [9.17, 15) is 32.9 Å². The first-order valence-corrected chi connectivity index (χ1v) is 9.04. The van der Waals surface area contributed by atoms with E-state index in [0.717, 1.165) is 12.1 Å². The lowest BCUT2D eigenvalue weighted by Crippen LogP contribution is -2.22. The Balaban J connectivity index is 2.14. The van der Waals surface area contributed by atoms with E-state index in [2.05, 4.69) is 10.3 Å². The molecule has 0 spiro atoms. The van der Waals surface area contributed by atoms with Crippen molar-refractivity contribution in [2.24, 2.45) is 0 Å². The molecule has 32 heavy (non-hydrogen) atoms. The molecule has 1 heterocycles. The predicted octanol–water partition coefficient (Wildman–Crippen LogP) is 3.86. The van der Waals surface area contributed by atoms with Crippen LogP contribution < -0.4 is 14.8 Å². The van der Waals surface area contributed by atoms with Crippen molar-refractivity contribution in [2.75, 3.05) is 25.6 Å². The van der Waals surface area contributed by atoms with Crippen LogP contribution in [0, 0.1) is 10.1 Å². The summed E-state index contributed by atoms with van der Waals surface area (Å²) in [6, 6.07) is 2.56. The highest BCUT2D eigenvalue weighted by Gasteiger charge is 2.32. The highest BCUT2D eigenvalue weighted by molar-refractivity contribution is 6.33. The summed E-state index contributed by atoms with van der Waals surface area (Å²) in [4.78, 5) is 38.2. The fourth-order valence-electron chi connectivity index (χ4n) is 2.35. The van der Waals surface area contributed by atoms with E-state index in [4.69, 9.17) is 25.8 Å². The maximum absolute atomic E-state index is 12.6. The largest absolute Gasteiger partial charge is 0.493 e. The molecule has 1 aromatic carbocycles. The number of nitro benzene ring substituents is 1. The van der Waals surface area contributed by atoms with Crippen LogP contribution in [0.4, 0.5) is 24.7 Å². The Hall–Kier alpha value is -3.61. The molecular formula is C18H15ClF3N3O7. The number of nitro groups is 1. The summed E-state index contributed by atoms with van der Waals surface area (Å²) >= 11 is 5.68. The predicted molar refractivity (Wildman–Crippen MR) is 104 cm³/mol. The number of pyridine rings is 1. The second-order valence-electron chi connectivity index (χ2n) is 5.89. The molecule has 0 atom stereocenters. The maximum Gasteiger partial charge on any atom is 0.417 e. The number of nitrogens with zero attached hydrogens (tertiary/aromatic N) is 2. The van der Waals surface area contributed by atoms with Crippen LogP contribution in [0.25, 0.3) is 0 Å². The van der Waals surface area contributed by atoms with Gasteiger partial charge in [0.15, 0.2) is 23.9 Å². The van der Waals surface area contributed by atoms with Crippen molar-refractivity contribution in [3.8, 4) is 11.5 Å². The van der Waals surface area contributed by atoms with Crippen molar-refractivity contribution in [2.45, 2.75) is 13.1 Å². The van der Waals surface area contributed by atoms with Crippen molar-refractivity contribution < 1.29 is 41.9 Å². The molecule has 14 heteroatoms. The summed E-state index contributed by atoms with van der Waals surface area (Å²) in [5, 5.41) is 12.9. The van der Waals surface area contributed by atoms with E-state index in [-0.39, 0.29) is 18.1 Å². The molecule has 0 fully saturated rings. The van der Waals surface area contributed by atoms with Gasteiger partial charge in [0.2, 0.25) is 0 Å². The molecule has 172 valence electrons. The molecule has 0 aliphatic carbocycles. The van der Waals surface area contributed by atoms with Crippen LogP contribution in [-0.2, 0) is 15.7 Å². The van der Waals surface area contributed by atoms with Crippen LogP contribution in [0.5, 0.6) is 11.5 Å². The minimum atomic E-state index is -4.68. The Labute approximate surface area is 183 Å². The Morgan fingerprint density at radius 2 is 1.94 bits per heavy atom. The number of esters is 1. The van der Waals surface area contributed by atoms with E-state index in [0.29, 0.717) is 12.3 Å². The number of rotatable bonds is 8. The molecule has 0 radical (unpaired) electrons. The van der Waals surface area contributed by atoms with Gasteiger partial charge in [-0.3, -0.25) is 14.9 Å². The Morgan fingerprint density at radius 1 is 1.25 bits per heavy atom. The zero-order chi connectivity index (χ0) is 24.1. The number of ether oxygens (including phenoxy) is 3. The van der Waals surface area contributed by atoms with Crippen molar-refractivity contribution in [3.63, 3.8) is 0 Å². The van der Waals surface area contributed by atoms with Crippen molar-refractivity contribution in [1.82, 2.24) is 4.98 Å². The van der Waals surface area contributed by atoms with Crippen LogP contribution in [0.15, 0.2) is 24.4 Å². The average Bonchev–Trinajstić information content (AvgIpc) is 2.72. The molecule has 0 aliphatic rings. The molecule has 0 unspecified atom stereocenters. The van der Waals surface area contributed by atoms with E-state index in [1.807, 2.05) is 0 Å². The smallest absolute Gasteiger partial charge is 0.417 e. The van der Waals surface area contributed by atoms with Crippen molar-refractivity contribution >= 4 is 35.0 Å². The highest BCUT2D eigenvalue weighted by Crippen LogP contribution is 2.35. The molecule has 10 nitrogen and oxygen atoms in total. The second-order valence-corrected chi connectivity index (χ2v) is 6.29. The number of hydrogen-bond acceptors (Lipinski definition) is 8. The Bertz CT molecular complexity index is 1050. The quantitative estimate of drug-likeness (QED) is 0.344. The van der Waals surface area contributed by atoms with Gasteiger partial charge in [-0.2, -0.15) is 13.2 Å². The molecule has 1 amide bonds. The van der Waals surface area contributed by atoms with Gasteiger partial charge in [-0.25, -0.2) is 9.78 Å². The van der Waals surface area contributed by atoms with Gasteiger partial charge in [0.05, 0.1) is 35.3 Å². The van der Waals surface area contributed by atoms with Gasteiger partial charge in [0.1, 0.15) is 5.56 Å². The number of amides is 1. The molecule has 2 aromatic rings. The normalized spacial score (nSPS) is 10.9. The number of hydrogen-bond donors (Lipinski definition) is 1. The third-order valence-corrected chi connectivity index (χ3v) is 4.05. The van der Waals surface area contributed by atoms with Crippen LogP contribution in [0.2, 0.25) is 5.02 Å². The standard InChI is InChI=1S/C18H15ClF3N3O7/c1-3-31-14-5-10(12(25(28)29)6-13(14)30-2)17(27)32-8-15(26)24-16-11(19)4-9(7-23-16)18(20,21)22/h4-7H,3,8H2,1-2H3,(H,23,24,26). The number of carbonyl (C=O) groups is 2. The SMILES string of the molecule is CCOc1cc(C(=O)OCC(=O)Nc2ncc(C(F)(F)F)cc2Cl)c([N+](=O)[O-])cc1OC. The average molecular weight is 478 g/mol. The summed E-state index contributed by atoms with van der Waals surface area (Å²) in [5.41, 5.74) is -2.27. The van der Waals surface area contributed by atoms with Gasteiger partial charge < -0.3 is 19.5 Å². The monoisotopic (exact) mass is 477 g/mol. The summed E-state index contributed by atoms with van der Waals surface area (Å²) < 4.78 is 53.0. The third-order valence-electron chi connectivity index (χ3n) is 3.76. The van der Waals surface area contributed by atoms with Crippen LogP contribution >= 0.6 is 11.6 Å². The van der Waals surface area contributed by atoms with Crippen molar-refractivity contribution in [3.05, 3.63) is 50.7 Å². The summed E-state index contributed by atoms with van der Waals surface area (Å²) in [5.74, 6) is -2.56. The van der Waals surface area contributed by atoms with Gasteiger partial charge in [-0.05, 0) is 13.0 Å². The van der Waals surface area contributed by atoms with Gasteiger partial charge in [-0.1, -0.05) is 11.6 Å². The third kappa shape index (κ3) is 5.97. The molecule has 2 rings (SSSR count). The molecule has 1 aromatic heterocycles. The second kappa shape index (κ2) is 10.1. The van der Waals surface area contributed by atoms with Gasteiger partial charge in [-0.15, -0.1) is 0 Å². The lowest BCUT2D eigenvalue weighted by Gasteiger charge is -2.12. The number of aromatic nitrogens is 1. The molecule has 0 saturated heterocycles. The van der Waals surface area contributed by atoms with Crippen LogP contribution in [-0.4, -0.2) is 42.1 Å². The van der Waals surface area contributed by atoms with Crippen LogP contribution in [0.3, 0.4) is 0 Å². The fourth-order valence-corrected chi connectivity index (χ4v) is 2.57. The van der Waals surface area contributed by atoms with Crippen molar-refractivity contribution in [1.29, 1.82) is 0 Å². The number of carbonyl (C=O) groups excluding carboxylic acids is 2. The van der Waals surface area contributed by atoms with Gasteiger partial charge in [0.25, 0.3) is 11.6 Å². The lowest BCUT2D eigenvalue weighted by molar-refractivity contribution is -0.385. The minimum absolute atomic E-state index is 0.0101. The molecule has 0 saturated carbocycles. The number of nitrogens with one attached hydrogen (secondary N) is 1. The lowest BCUT2D eigenvalue weighted by atomic mass is 10.1. The summed E-state index contributed by atoms with van der Waals surface area (Å²) in [6.07, 6.45) is -4.22. The summed E-state index contributed by atoms with van der Waals surface area (Å²) in [7, 11) is 1.25. The molecular weight excluding hydrogens is 463 g/mol. The number of halogens is 4. The van der Waals surface area contributed by atoms with E-state index in [1.165, 1.54) is 7.11 Å². The molecule has 0 bridgehead atoms. The van der Waals surface area contributed by atoms with E-state index >= 15 is 0 Å². The highest BCUT2D eigenvalue weighted by atomic mass is 35.5. The topological polar surface area (TPSA) is 130 Å². The number of anilines is 1. The fraction of sp³-hybridized carbons (Fsp3) is 0.278. The number of alkyl halides is 3. The Kier molecular flexibility index (Phi) is 7.81. The van der Waals surface area contributed by atoms with Gasteiger partial charge >= 0.3 is 12.1 Å². The zero-order valence-corrected chi connectivity index (χ0v) is 17.2. The van der Waals surface area contributed by atoms with Gasteiger partial charge in [0, 0.05) is 12.3 Å².